The van der Waals surface area contributed by atoms with Crippen molar-refractivity contribution in [2.45, 2.75) is 19.4 Å². The number of nitrogens with zero attached hydrogens (tertiary/aromatic N) is 3. The molecule has 0 saturated carbocycles. The van der Waals surface area contributed by atoms with E-state index in [9.17, 15) is 0 Å². The predicted octanol–water partition coefficient (Wildman–Crippen LogP) is 1.81. The molecule has 4 nitrogen and oxygen atoms in total. The largest absolute Gasteiger partial charge is 0.338 e. The molecule has 20 heavy (non-hydrogen) atoms. The fourth-order valence-electron chi connectivity index (χ4n) is 2.32. The third kappa shape index (κ3) is 4.47. The first-order chi connectivity index (χ1) is 9.79. The van der Waals surface area contributed by atoms with Crippen molar-refractivity contribution >= 4 is 0 Å². The summed E-state index contributed by atoms with van der Waals surface area (Å²) in [5.41, 5.74) is 6.99. The molecule has 1 heterocycles. The lowest BCUT2D eigenvalue weighted by Gasteiger charge is -2.22. The molecular formula is C16H24N4. The third-order valence-corrected chi connectivity index (χ3v) is 3.50. The quantitative estimate of drug-likeness (QED) is 0.797. The van der Waals surface area contributed by atoms with E-state index in [4.69, 9.17) is 5.73 Å². The van der Waals surface area contributed by atoms with Crippen molar-refractivity contribution in [3.05, 3.63) is 54.1 Å². The number of hydrogen-bond donors (Lipinski definition) is 1. The molecule has 2 N–H and O–H groups in total. The second-order valence-corrected chi connectivity index (χ2v) is 5.11. The van der Waals surface area contributed by atoms with Crippen molar-refractivity contribution in [3.8, 4) is 0 Å². The van der Waals surface area contributed by atoms with Gasteiger partial charge < -0.3 is 10.3 Å². The van der Waals surface area contributed by atoms with Crippen LogP contribution in [0.15, 0.2) is 42.7 Å². The van der Waals surface area contributed by atoms with E-state index in [-0.39, 0.29) is 0 Å². The fourth-order valence-corrected chi connectivity index (χ4v) is 2.32. The number of hydrogen-bond acceptors (Lipinski definition) is 3. The standard InChI is InChI=1S/C16H24N4/c1-19-13-10-18-16(19)8-12-20(11-5-9-17)14-15-6-3-2-4-7-15/h2-4,6-7,10,13H,5,8-9,11-12,14,17H2,1H3. The Labute approximate surface area is 121 Å². The highest BCUT2D eigenvalue weighted by atomic mass is 15.1. The molecule has 0 aliphatic carbocycles. The van der Waals surface area contributed by atoms with E-state index >= 15 is 0 Å². The van der Waals surface area contributed by atoms with E-state index < -0.39 is 0 Å². The molecule has 2 rings (SSSR count). The Morgan fingerprint density at radius 1 is 1.20 bits per heavy atom. The molecule has 1 aromatic heterocycles. The van der Waals surface area contributed by atoms with Gasteiger partial charge in [-0.25, -0.2) is 4.98 Å². The summed E-state index contributed by atoms with van der Waals surface area (Å²) in [5.74, 6) is 1.14. The monoisotopic (exact) mass is 272 g/mol. The first kappa shape index (κ1) is 14.8. The van der Waals surface area contributed by atoms with Gasteiger partial charge in [-0.2, -0.15) is 0 Å². The van der Waals surface area contributed by atoms with Crippen LogP contribution < -0.4 is 5.73 Å². The Balaban J connectivity index is 1.91. The lowest BCUT2D eigenvalue weighted by molar-refractivity contribution is 0.264. The lowest BCUT2D eigenvalue weighted by atomic mass is 10.2. The second kappa shape index (κ2) is 7.82. The Hall–Kier alpha value is -1.65. The molecule has 0 aliphatic rings. The van der Waals surface area contributed by atoms with Crippen LogP contribution in [0.4, 0.5) is 0 Å². The Kier molecular flexibility index (Phi) is 5.77. The van der Waals surface area contributed by atoms with Crippen LogP contribution in [0.3, 0.4) is 0 Å². The van der Waals surface area contributed by atoms with Gasteiger partial charge in [0.05, 0.1) is 0 Å². The average molecular weight is 272 g/mol. The van der Waals surface area contributed by atoms with Gasteiger partial charge in [0.2, 0.25) is 0 Å². The van der Waals surface area contributed by atoms with E-state index in [1.165, 1.54) is 5.56 Å². The molecule has 4 heteroatoms. The van der Waals surface area contributed by atoms with E-state index in [1.807, 2.05) is 19.4 Å². The molecule has 1 aromatic carbocycles. The topological polar surface area (TPSA) is 47.1 Å². The molecule has 0 radical (unpaired) electrons. The van der Waals surface area contributed by atoms with Crippen molar-refractivity contribution in [2.75, 3.05) is 19.6 Å². The van der Waals surface area contributed by atoms with Crippen LogP contribution in [0.1, 0.15) is 17.8 Å². The molecule has 0 amide bonds. The van der Waals surface area contributed by atoms with Crippen LogP contribution in [-0.4, -0.2) is 34.1 Å². The average Bonchev–Trinajstić information content (AvgIpc) is 2.88. The maximum atomic E-state index is 5.64. The number of benzene rings is 1. The maximum Gasteiger partial charge on any atom is 0.109 e. The van der Waals surface area contributed by atoms with Gasteiger partial charge in [0, 0.05) is 39.0 Å². The smallest absolute Gasteiger partial charge is 0.109 e. The van der Waals surface area contributed by atoms with Gasteiger partial charge in [0.25, 0.3) is 0 Å². The molecule has 2 aromatic rings. The highest BCUT2D eigenvalue weighted by molar-refractivity contribution is 5.14. The van der Waals surface area contributed by atoms with Crippen LogP contribution in [-0.2, 0) is 20.0 Å². The zero-order chi connectivity index (χ0) is 14.2. The number of rotatable bonds is 8. The summed E-state index contributed by atoms with van der Waals surface area (Å²) in [4.78, 5) is 6.84. The van der Waals surface area contributed by atoms with Crippen LogP contribution >= 0.6 is 0 Å². The fraction of sp³-hybridized carbons (Fsp3) is 0.438. The Bertz CT molecular complexity index is 492. The SMILES string of the molecule is Cn1ccnc1CCN(CCCN)Cc1ccccc1. The first-order valence-corrected chi connectivity index (χ1v) is 7.22. The minimum atomic E-state index is 0.744. The zero-order valence-electron chi connectivity index (χ0n) is 12.2. The molecule has 0 bridgehead atoms. The first-order valence-electron chi connectivity index (χ1n) is 7.22. The summed E-state index contributed by atoms with van der Waals surface area (Å²) >= 11 is 0. The summed E-state index contributed by atoms with van der Waals surface area (Å²) < 4.78 is 2.09. The summed E-state index contributed by atoms with van der Waals surface area (Å²) in [6.07, 6.45) is 5.86. The van der Waals surface area contributed by atoms with Crippen LogP contribution in [0.25, 0.3) is 0 Å². The second-order valence-electron chi connectivity index (χ2n) is 5.11. The molecule has 0 saturated heterocycles. The van der Waals surface area contributed by atoms with Crippen molar-refractivity contribution < 1.29 is 0 Å². The van der Waals surface area contributed by atoms with E-state index in [0.717, 1.165) is 44.8 Å². The Morgan fingerprint density at radius 2 is 2.00 bits per heavy atom. The minimum Gasteiger partial charge on any atom is -0.338 e. The van der Waals surface area contributed by atoms with E-state index in [0.29, 0.717) is 0 Å². The molecule has 0 atom stereocenters. The van der Waals surface area contributed by atoms with Gasteiger partial charge in [-0.1, -0.05) is 30.3 Å². The van der Waals surface area contributed by atoms with Crippen molar-refractivity contribution in [1.29, 1.82) is 0 Å². The number of aromatic nitrogens is 2. The lowest BCUT2D eigenvalue weighted by Crippen LogP contribution is -2.28. The summed E-state index contributed by atoms with van der Waals surface area (Å²) in [7, 11) is 2.05. The van der Waals surface area contributed by atoms with Gasteiger partial charge in [-0.15, -0.1) is 0 Å². The Morgan fingerprint density at radius 3 is 2.65 bits per heavy atom. The van der Waals surface area contributed by atoms with Gasteiger partial charge in [0.15, 0.2) is 0 Å². The van der Waals surface area contributed by atoms with Crippen LogP contribution in [0.2, 0.25) is 0 Å². The van der Waals surface area contributed by atoms with Crippen molar-refractivity contribution in [2.24, 2.45) is 12.8 Å². The van der Waals surface area contributed by atoms with Crippen molar-refractivity contribution in [1.82, 2.24) is 14.5 Å². The van der Waals surface area contributed by atoms with Crippen LogP contribution in [0, 0.1) is 0 Å². The molecule has 0 spiro atoms. The number of aryl methyl sites for hydroxylation is 1. The summed E-state index contributed by atoms with van der Waals surface area (Å²) in [5, 5.41) is 0. The number of nitrogens with two attached hydrogens (primary N) is 1. The molecule has 0 unspecified atom stereocenters. The molecule has 0 fully saturated rings. The molecule has 108 valence electrons. The van der Waals surface area contributed by atoms with E-state index in [2.05, 4.69) is 44.8 Å². The molecular weight excluding hydrogens is 248 g/mol. The van der Waals surface area contributed by atoms with Gasteiger partial charge in [0.1, 0.15) is 5.82 Å². The zero-order valence-corrected chi connectivity index (χ0v) is 12.2. The predicted molar refractivity (Wildman–Crippen MR) is 82.3 cm³/mol. The van der Waals surface area contributed by atoms with Gasteiger partial charge in [-0.3, -0.25) is 4.90 Å². The third-order valence-electron chi connectivity index (χ3n) is 3.50. The van der Waals surface area contributed by atoms with Gasteiger partial charge in [-0.05, 0) is 25.1 Å². The van der Waals surface area contributed by atoms with E-state index in [1.54, 1.807) is 0 Å². The summed E-state index contributed by atoms with van der Waals surface area (Å²) in [6.45, 7) is 3.77. The van der Waals surface area contributed by atoms with Crippen molar-refractivity contribution in [3.63, 3.8) is 0 Å². The maximum absolute atomic E-state index is 5.64. The number of imidazole rings is 1. The minimum absolute atomic E-state index is 0.744. The van der Waals surface area contributed by atoms with Crippen LogP contribution in [0.5, 0.6) is 0 Å². The summed E-state index contributed by atoms with van der Waals surface area (Å²) in [6, 6.07) is 10.6. The highest BCUT2D eigenvalue weighted by Crippen LogP contribution is 2.06. The van der Waals surface area contributed by atoms with Gasteiger partial charge >= 0.3 is 0 Å². The normalized spacial score (nSPS) is 11.2. The molecule has 0 aliphatic heterocycles. The highest BCUT2D eigenvalue weighted by Gasteiger charge is 2.07.